The van der Waals surface area contributed by atoms with Gasteiger partial charge in [-0.1, -0.05) is 30.3 Å². The molecular formula is C18H13N5O3. The zero-order valence-corrected chi connectivity index (χ0v) is 13.4. The predicted octanol–water partition coefficient (Wildman–Crippen LogP) is 2.67. The van der Waals surface area contributed by atoms with Gasteiger partial charge < -0.3 is 14.8 Å². The Labute approximate surface area is 147 Å². The second-order valence-electron chi connectivity index (χ2n) is 5.59. The molecule has 8 heteroatoms. The van der Waals surface area contributed by atoms with Crippen LogP contribution < -0.4 is 5.32 Å². The average molecular weight is 347 g/mol. The van der Waals surface area contributed by atoms with Crippen molar-refractivity contribution in [3.8, 4) is 11.3 Å². The fourth-order valence-electron chi connectivity index (χ4n) is 2.62. The molecule has 0 bridgehead atoms. The number of nitrogens with one attached hydrogen (secondary N) is 2. The van der Waals surface area contributed by atoms with Crippen molar-refractivity contribution in [3.63, 3.8) is 0 Å². The molecule has 4 aromatic rings. The molecule has 3 aromatic heterocycles. The Kier molecular flexibility index (Phi) is 3.70. The topological polar surface area (TPSA) is 112 Å². The first-order chi connectivity index (χ1) is 12.6. The summed E-state index contributed by atoms with van der Waals surface area (Å²) in [6.07, 6.45) is 4.77. The lowest BCUT2D eigenvalue weighted by Gasteiger charge is -2.04. The minimum Gasteiger partial charge on any atom is -0.478 e. The molecule has 8 nitrogen and oxygen atoms in total. The van der Waals surface area contributed by atoms with E-state index in [1.54, 1.807) is 18.3 Å². The van der Waals surface area contributed by atoms with Crippen LogP contribution in [0.1, 0.15) is 20.8 Å². The van der Waals surface area contributed by atoms with Gasteiger partial charge in [0.15, 0.2) is 0 Å². The molecule has 1 aromatic carbocycles. The third-order valence-electron chi connectivity index (χ3n) is 3.88. The van der Waals surface area contributed by atoms with E-state index in [0.29, 0.717) is 11.3 Å². The molecule has 3 heterocycles. The number of amides is 1. The number of aromatic amines is 1. The number of imidazole rings is 1. The van der Waals surface area contributed by atoms with E-state index in [1.165, 1.54) is 0 Å². The molecule has 0 saturated carbocycles. The molecule has 0 spiro atoms. The van der Waals surface area contributed by atoms with Gasteiger partial charge in [0.05, 0.1) is 11.9 Å². The van der Waals surface area contributed by atoms with Gasteiger partial charge in [-0.25, -0.2) is 9.78 Å². The van der Waals surface area contributed by atoms with Crippen LogP contribution in [-0.2, 0) is 0 Å². The highest BCUT2D eigenvalue weighted by molar-refractivity contribution is 6.09. The Morgan fingerprint density at radius 1 is 1.15 bits per heavy atom. The lowest BCUT2D eigenvalue weighted by atomic mass is 10.2. The van der Waals surface area contributed by atoms with Crippen molar-refractivity contribution in [1.82, 2.24) is 19.6 Å². The van der Waals surface area contributed by atoms with Gasteiger partial charge >= 0.3 is 5.97 Å². The SMILES string of the molecule is O=C(O)c1cn[nH]c1C(=O)Nc1ccn2cc(-c3ccccc3)nc2c1. The van der Waals surface area contributed by atoms with E-state index in [4.69, 9.17) is 5.11 Å². The monoisotopic (exact) mass is 347 g/mol. The number of nitrogens with zero attached hydrogens (tertiary/aromatic N) is 3. The maximum atomic E-state index is 12.3. The van der Waals surface area contributed by atoms with Gasteiger partial charge in [-0.15, -0.1) is 0 Å². The largest absolute Gasteiger partial charge is 0.478 e. The molecule has 0 radical (unpaired) electrons. The van der Waals surface area contributed by atoms with Crippen molar-refractivity contribution in [2.45, 2.75) is 0 Å². The Morgan fingerprint density at radius 3 is 2.73 bits per heavy atom. The van der Waals surface area contributed by atoms with E-state index >= 15 is 0 Å². The highest BCUT2D eigenvalue weighted by atomic mass is 16.4. The van der Waals surface area contributed by atoms with E-state index < -0.39 is 11.9 Å². The first-order valence-electron chi connectivity index (χ1n) is 7.74. The van der Waals surface area contributed by atoms with E-state index in [2.05, 4.69) is 20.5 Å². The quantitative estimate of drug-likeness (QED) is 0.525. The van der Waals surface area contributed by atoms with Crippen molar-refractivity contribution < 1.29 is 14.7 Å². The van der Waals surface area contributed by atoms with Crippen LogP contribution in [0.2, 0.25) is 0 Å². The van der Waals surface area contributed by atoms with Crippen LogP contribution in [0.5, 0.6) is 0 Å². The van der Waals surface area contributed by atoms with Crippen LogP contribution in [-0.4, -0.2) is 36.6 Å². The minimum atomic E-state index is -1.22. The number of carboxylic acids is 1. The summed E-state index contributed by atoms with van der Waals surface area (Å²) in [5.74, 6) is -1.81. The number of aromatic carboxylic acids is 1. The minimum absolute atomic E-state index is 0.106. The van der Waals surface area contributed by atoms with Crippen LogP contribution in [0.15, 0.2) is 61.1 Å². The van der Waals surface area contributed by atoms with E-state index in [1.807, 2.05) is 40.9 Å². The lowest BCUT2D eigenvalue weighted by Crippen LogP contribution is -2.16. The average Bonchev–Trinajstić information content (AvgIpc) is 3.29. The summed E-state index contributed by atoms with van der Waals surface area (Å²) in [6.45, 7) is 0. The first kappa shape index (κ1) is 15.6. The van der Waals surface area contributed by atoms with Crippen LogP contribution >= 0.6 is 0 Å². The molecule has 0 aliphatic heterocycles. The summed E-state index contributed by atoms with van der Waals surface area (Å²) < 4.78 is 1.84. The molecule has 0 atom stereocenters. The number of hydrogen-bond donors (Lipinski definition) is 3. The number of H-pyrrole nitrogens is 1. The smallest absolute Gasteiger partial charge is 0.339 e. The van der Waals surface area contributed by atoms with Crippen LogP contribution in [0.3, 0.4) is 0 Å². The van der Waals surface area contributed by atoms with E-state index in [-0.39, 0.29) is 11.3 Å². The number of carbonyl (C=O) groups is 2. The molecule has 0 aliphatic carbocycles. The van der Waals surface area contributed by atoms with Crippen molar-refractivity contribution in [1.29, 1.82) is 0 Å². The van der Waals surface area contributed by atoms with E-state index in [0.717, 1.165) is 17.5 Å². The highest BCUT2D eigenvalue weighted by Gasteiger charge is 2.19. The van der Waals surface area contributed by atoms with Gasteiger partial charge in [0.25, 0.3) is 5.91 Å². The number of carboxylic acid groups (broad SMARTS) is 1. The summed E-state index contributed by atoms with van der Waals surface area (Å²) >= 11 is 0. The van der Waals surface area contributed by atoms with Gasteiger partial charge in [0.1, 0.15) is 16.9 Å². The van der Waals surface area contributed by atoms with Gasteiger partial charge in [-0.3, -0.25) is 9.89 Å². The molecule has 4 rings (SSSR count). The van der Waals surface area contributed by atoms with Crippen molar-refractivity contribution in [3.05, 3.63) is 72.3 Å². The molecule has 0 fully saturated rings. The third kappa shape index (κ3) is 2.80. The third-order valence-corrected chi connectivity index (χ3v) is 3.88. The van der Waals surface area contributed by atoms with Crippen molar-refractivity contribution in [2.75, 3.05) is 5.32 Å². The summed E-state index contributed by atoms with van der Waals surface area (Å²) in [7, 11) is 0. The molecule has 0 saturated heterocycles. The Hall–Kier alpha value is -3.94. The number of hydrogen-bond acceptors (Lipinski definition) is 4. The number of fused-ring (bicyclic) bond motifs is 1. The van der Waals surface area contributed by atoms with Gasteiger partial charge in [-0.05, 0) is 6.07 Å². The zero-order valence-electron chi connectivity index (χ0n) is 13.4. The summed E-state index contributed by atoms with van der Waals surface area (Å²) in [5.41, 5.74) is 2.67. The van der Waals surface area contributed by atoms with Gasteiger partial charge in [0.2, 0.25) is 0 Å². The number of benzene rings is 1. The molecule has 1 amide bonds. The normalized spacial score (nSPS) is 10.8. The van der Waals surface area contributed by atoms with Crippen molar-refractivity contribution >= 4 is 23.2 Å². The number of aromatic nitrogens is 4. The maximum Gasteiger partial charge on any atom is 0.339 e. The van der Waals surface area contributed by atoms with Gasteiger partial charge in [-0.2, -0.15) is 5.10 Å². The number of anilines is 1. The number of carbonyl (C=O) groups excluding carboxylic acids is 1. The van der Waals surface area contributed by atoms with Gasteiger partial charge in [0, 0.05) is 29.7 Å². The van der Waals surface area contributed by atoms with Crippen LogP contribution in [0.4, 0.5) is 5.69 Å². The molecule has 0 aliphatic rings. The first-order valence-corrected chi connectivity index (χ1v) is 7.74. The molecular weight excluding hydrogens is 334 g/mol. The maximum absolute atomic E-state index is 12.3. The van der Waals surface area contributed by atoms with Crippen LogP contribution in [0, 0.1) is 0 Å². The standard InChI is InChI=1S/C18H13N5O3/c24-17(16-13(18(25)26)9-19-22-16)20-12-6-7-23-10-14(21-15(23)8-12)11-4-2-1-3-5-11/h1-10H,(H,19,22)(H,20,24)(H,25,26). The number of pyridine rings is 1. The summed E-state index contributed by atoms with van der Waals surface area (Å²) in [5, 5.41) is 17.7. The summed E-state index contributed by atoms with van der Waals surface area (Å²) in [4.78, 5) is 27.9. The molecule has 3 N–H and O–H groups in total. The second-order valence-corrected chi connectivity index (χ2v) is 5.59. The zero-order chi connectivity index (χ0) is 18.1. The molecule has 26 heavy (non-hydrogen) atoms. The number of rotatable bonds is 4. The lowest BCUT2D eigenvalue weighted by molar-refractivity contribution is 0.0692. The van der Waals surface area contributed by atoms with Crippen molar-refractivity contribution in [2.24, 2.45) is 0 Å². The van der Waals surface area contributed by atoms with E-state index in [9.17, 15) is 9.59 Å². The van der Waals surface area contributed by atoms with Crippen LogP contribution in [0.25, 0.3) is 16.9 Å². The Bertz CT molecular complexity index is 1110. The highest BCUT2D eigenvalue weighted by Crippen LogP contribution is 2.21. The fourth-order valence-corrected chi connectivity index (χ4v) is 2.62. The second kappa shape index (κ2) is 6.17. The fraction of sp³-hybridized carbons (Fsp3) is 0. The molecule has 0 unspecified atom stereocenters. The predicted molar refractivity (Wildman–Crippen MR) is 94.1 cm³/mol. The Morgan fingerprint density at radius 2 is 1.96 bits per heavy atom. The summed E-state index contributed by atoms with van der Waals surface area (Å²) in [6, 6.07) is 13.2. The Balaban J connectivity index is 1.62. The molecule has 128 valence electrons.